The van der Waals surface area contributed by atoms with Crippen molar-refractivity contribution in [3.63, 3.8) is 0 Å². The van der Waals surface area contributed by atoms with Crippen LogP contribution in [0.3, 0.4) is 0 Å². The van der Waals surface area contributed by atoms with Gasteiger partial charge < -0.3 is 10.2 Å². The van der Waals surface area contributed by atoms with E-state index in [0.717, 1.165) is 0 Å². The largest absolute Gasteiger partial charge is 0.507 e. The van der Waals surface area contributed by atoms with Crippen molar-refractivity contribution in [1.82, 2.24) is 0 Å². The Labute approximate surface area is 82.0 Å². The van der Waals surface area contributed by atoms with E-state index in [1.165, 1.54) is 12.1 Å². The lowest BCUT2D eigenvalue weighted by molar-refractivity contribution is 0.112. The van der Waals surface area contributed by atoms with E-state index in [9.17, 15) is 9.90 Å². The highest BCUT2D eigenvalue weighted by atomic mass is 16.3. The second kappa shape index (κ2) is 5.05. The maximum atomic E-state index is 10.4. The van der Waals surface area contributed by atoms with Crippen molar-refractivity contribution >= 4 is 6.29 Å². The van der Waals surface area contributed by atoms with Gasteiger partial charge in [-0.2, -0.15) is 0 Å². The Morgan fingerprint density at radius 2 is 2.21 bits per heavy atom. The van der Waals surface area contributed by atoms with E-state index < -0.39 is 0 Å². The Bertz CT molecular complexity index is 385. The minimum atomic E-state index is -0.0733. The Hall–Kier alpha value is -1.79. The number of carbonyl (C=O) groups is 1. The molecule has 0 aliphatic carbocycles. The van der Waals surface area contributed by atoms with Gasteiger partial charge in [0.25, 0.3) is 0 Å². The molecule has 1 aromatic carbocycles. The summed E-state index contributed by atoms with van der Waals surface area (Å²) >= 11 is 0. The molecule has 0 aliphatic rings. The van der Waals surface area contributed by atoms with Gasteiger partial charge in [0.2, 0.25) is 0 Å². The van der Waals surface area contributed by atoms with Gasteiger partial charge in [-0.3, -0.25) is 4.79 Å². The first-order chi connectivity index (χ1) is 6.77. The SMILES string of the molecule is O=Cc1ccc(C#CCCO)cc1O. The number of benzene rings is 1. The van der Waals surface area contributed by atoms with Crippen LogP contribution in [0.15, 0.2) is 18.2 Å². The van der Waals surface area contributed by atoms with E-state index in [1.54, 1.807) is 6.07 Å². The van der Waals surface area contributed by atoms with Gasteiger partial charge in [-0.15, -0.1) is 0 Å². The predicted molar refractivity (Wildman–Crippen MR) is 52.1 cm³/mol. The molecule has 1 rings (SSSR count). The summed E-state index contributed by atoms with van der Waals surface area (Å²) in [4.78, 5) is 10.4. The van der Waals surface area contributed by atoms with Gasteiger partial charge in [0, 0.05) is 12.0 Å². The van der Waals surface area contributed by atoms with Gasteiger partial charge in [0.1, 0.15) is 5.75 Å². The number of aliphatic hydroxyl groups is 1. The van der Waals surface area contributed by atoms with Crippen molar-refractivity contribution in [1.29, 1.82) is 0 Å². The zero-order chi connectivity index (χ0) is 10.4. The van der Waals surface area contributed by atoms with Crippen molar-refractivity contribution in [2.75, 3.05) is 6.61 Å². The van der Waals surface area contributed by atoms with E-state index in [0.29, 0.717) is 18.3 Å². The van der Waals surface area contributed by atoms with Crippen LogP contribution < -0.4 is 0 Å². The molecule has 0 bridgehead atoms. The number of aliphatic hydroxyl groups excluding tert-OH is 1. The molecule has 0 amide bonds. The number of aromatic hydroxyl groups is 1. The lowest BCUT2D eigenvalue weighted by Gasteiger charge is -1.96. The van der Waals surface area contributed by atoms with Crippen LogP contribution in [0, 0.1) is 11.8 Å². The fraction of sp³-hybridized carbons (Fsp3) is 0.182. The molecule has 0 spiro atoms. The van der Waals surface area contributed by atoms with E-state index in [-0.39, 0.29) is 17.9 Å². The summed E-state index contributed by atoms with van der Waals surface area (Å²) in [7, 11) is 0. The van der Waals surface area contributed by atoms with Crippen LogP contribution in [0.4, 0.5) is 0 Å². The van der Waals surface area contributed by atoms with Gasteiger partial charge in [-0.25, -0.2) is 0 Å². The minimum Gasteiger partial charge on any atom is -0.507 e. The van der Waals surface area contributed by atoms with E-state index in [4.69, 9.17) is 5.11 Å². The molecular formula is C11H10O3. The van der Waals surface area contributed by atoms with Gasteiger partial charge >= 0.3 is 0 Å². The summed E-state index contributed by atoms with van der Waals surface area (Å²) in [6.07, 6.45) is 0.983. The zero-order valence-electron chi connectivity index (χ0n) is 7.53. The molecule has 2 N–H and O–H groups in total. The normalized spacial score (nSPS) is 8.93. The van der Waals surface area contributed by atoms with Crippen LogP contribution >= 0.6 is 0 Å². The highest BCUT2D eigenvalue weighted by Gasteiger charge is 1.98. The van der Waals surface area contributed by atoms with Gasteiger partial charge in [0.15, 0.2) is 6.29 Å². The molecule has 3 heteroatoms. The number of hydrogen-bond donors (Lipinski definition) is 2. The maximum Gasteiger partial charge on any atom is 0.153 e. The first-order valence-corrected chi connectivity index (χ1v) is 4.16. The zero-order valence-corrected chi connectivity index (χ0v) is 7.53. The van der Waals surface area contributed by atoms with E-state index in [1.807, 2.05) is 0 Å². The molecule has 0 aromatic heterocycles. The lowest BCUT2D eigenvalue weighted by Crippen LogP contribution is -1.83. The average molecular weight is 190 g/mol. The lowest BCUT2D eigenvalue weighted by atomic mass is 10.1. The van der Waals surface area contributed by atoms with Crippen molar-refractivity contribution in [3.05, 3.63) is 29.3 Å². The molecule has 14 heavy (non-hydrogen) atoms. The van der Waals surface area contributed by atoms with E-state index in [2.05, 4.69) is 11.8 Å². The molecule has 3 nitrogen and oxygen atoms in total. The fourth-order valence-electron chi connectivity index (χ4n) is 0.942. The van der Waals surface area contributed by atoms with Crippen molar-refractivity contribution in [2.45, 2.75) is 6.42 Å². The van der Waals surface area contributed by atoms with Crippen molar-refractivity contribution < 1.29 is 15.0 Å². The van der Waals surface area contributed by atoms with Crippen LogP contribution in [0.2, 0.25) is 0 Å². The summed E-state index contributed by atoms with van der Waals surface area (Å²) in [6, 6.07) is 4.58. The summed E-state index contributed by atoms with van der Waals surface area (Å²) < 4.78 is 0. The molecule has 0 atom stereocenters. The molecule has 72 valence electrons. The number of phenolic OH excluding ortho intramolecular Hbond substituents is 1. The molecule has 0 fully saturated rings. The van der Waals surface area contributed by atoms with Gasteiger partial charge in [-0.05, 0) is 18.2 Å². The first kappa shape index (κ1) is 10.3. The highest BCUT2D eigenvalue weighted by molar-refractivity contribution is 5.79. The Kier molecular flexibility index (Phi) is 3.71. The van der Waals surface area contributed by atoms with Crippen LogP contribution in [0.1, 0.15) is 22.3 Å². The number of carbonyl (C=O) groups excluding carboxylic acids is 1. The minimum absolute atomic E-state index is 0.0192. The molecule has 0 aliphatic heterocycles. The molecule has 0 saturated carbocycles. The third-order valence-corrected chi connectivity index (χ3v) is 1.63. The number of rotatable bonds is 2. The predicted octanol–water partition coefficient (Wildman–Crippen LogP) is 0.939. The monoisotopic (exact) mass is 190 g/mol. The van der Waals surface area contributed by atoms with Crippen LogP contribution in [-0.4, -0.2) is 23.1 Å². The summed E-state index contributed by atoms with van der Waals surface area (Å²) in [5, 5.41) is 17.8. The molecule has 0 radical (unpaired) electrons. The number of hydrogen-bond acceptors (Lipinski definition) is 3. The third kappa shape index (κ3) is 2.61. The summed E-state index contributed by atoms with van der Waals surface area (Å²) in [5.74, 6) is 5.40. The number of phenols is 1. The third-order valence-electron chi connectivity index (χ3n) is 1.63. The Morgan fingerprint density at radius 3 is 2.79 bits per heavy atom. The van der Waals surface area contributed by atoms with Crippen LogP contribution in [-0.2, 0) is 0 Å². The summed E-state index contributed by atoms with van der Waals surface area (Å²) in [6.45, 7) is 0.0192. The van der Waals surface area contributed by atoms with Gasteiger partial charge in [-0.1, -0.05) is 11.8 Å². The molecule has 0 saturated heterocycles. The number of aldehydes is 1. The van der Waals surface area contributed by atoms with Gasteiger partial charge in [0.05, 0.1) is 12.2 Å². The quantitative estimate of drug-likeness (QED) is 0.539. The fourth-order valence-corrected chi connectivity index (χ4v) is 0.942. The van der Waals surface area contributed by atoms with Crippen molar-refractivity contribution in [3.8, 4) is 17.6 Å². The standard InChI is InChI=1S/C11H10O3/c12-6-2-1-3-9-4-5-10(8-13)11(14)7-9/h4-5,7-8,12,14H,2,6H2. The molecule has 1 aromatic rings. The Balaban J connectivity index is 2.88. The molecular weight excluding hydrogens is 180 g/mol. The highest BCUT2D eigenvalue weighted by Crippen LogP contribution is 2.15. The first-order valence-electron chi connectivity index (χ1n) is 4.16. The second-order valence-corrected chi connectivity index (χ2v) is 2.67. The topological polar surface area (TPSA) is 57.5 Å². The Morgan fingerprint density at radius 1 is 1.43 bits per heavy atom. The maximum absolute atomic E-state index is 10.4. The average Bonchev–Trinajstić information content (AvgIpc) is 2.18. The van der Waals surface area contributed by atoms with Crippen LogP contribution in [0.5, 0.6) is 5.75 Å². The van der Waals surface area contributed by atoms with Crippen molar-refractivity contribution in [2.24, 2.45) is 0 Å². The smallest absolute Gasteiger partial charge is 0.153 e. The molecule has 0 heterocycles. The van der Waals surface area contributed by atoms with E-state index >= 15 is 0 Å². The van der Waals surface area contributed by atoms with Crippen LogP contribution in [0.25, 0.3) is 0 Å². The summed E-state index contributed by atoms with van der Waals surface area (Å²) in [5.41, 5.74) is 0.874. The molecule has 0 unspecified atom stereocenters. The second-order valence-electron chi connectivity index (χ2n) is 2.67.